The fourth-order valence-corrected chi connectivity index (χ4v) is 7.13. The molecule has 3 rings (SSSR count). The van der Waals surface area contributed by atoms with Gasteiger partial charge in [0.15, 0.2) is 0 Å². The molecule has 0 saturated heterocycles. The van der Waals surface area contributed by atoms with Crippen LogP contribution in [0.25, 0.3) is 0 Å². The smallest absolute Gasteiger partial charge is 0.249 e. The lowest BCUT2D eigenvalue weighted by Gasteiger charge is -2.37. The van der Waals surface area contributed by atoms with Gasteiger partial charge in [-0.3, -0.25) is 9.59 Å². The van der Waals surface area contributed by atoms with E-state index in [-0.39, 0.29) is 21.4 Å². The molecule has 206 valence electrons. The average molecular weight is 581 g/mol. The molecule has 3 N–H and O–H groups in total. The quantitative estimate of drug-likeness (QED) is 0.436. The van der Waals surface area contributed by atoms with Gasteiger partial charge in [0.25, 0.3) is 0 Å². The molecule has 0 radical (unpaired) electrons. The molecule has 0 bridgehead atoms. The minimum absolute atomic E-state index is 0.0940. The molecule has 1 aliphatic heterocycles. The highest BCUT2D eigenvalue weighted by atomic mass is 35.5. The van der Waals surface area contributed by atoms with E-state index in [1.54, 1.807) is 55.5 Å². The van der Waals surface area contributed by atoms with Crippen LogP contribution in [0.3, 0.4) is 0 Å². The molecule has 0 spiro atoms. The van der Waals surface area contributed by atoms with Gasteiger partial charge >= 0.3 is 0 Å². The number of primary amides is 1. The first-order valence-electron chi connectivity index (χ1n) is 12.4. The van der Waals surface area contributed by atoms with E-state index in [0.717, 1.165) is 0 Å². The zero-order valence-corrected chi connectivity index (χ0v) is 24.8. The van der Waals surface area contributed by atoms with E-state index in [0.29, 0.717) is 22.6 Å². The summed E-state index contributed by atoms with van der Waals surface area (Å²) in [7, 11) is -4.12. The normalized spacial score (nSPS) is 19.3. The predicted octanol–water partition coefficient (Wildman–Crippen LogP) is 5.40. The molecule has 0 aromatic heterocycles. The molecular weight excluding hydrogens is 545 g/mol. The highest BCUT2D eigenvalue weighted by molar-refractivity contribution is 7.89. The summed E-state index contributed by atoms with van der Waals surface area (Å²) >= 11 is 12.5. The second-order valence-corrected chi connectivity index (χ2v) is 13.8. The van der Waals surface area contributed by atoms with Gasteiger partial charge in [0.05, 0.1) is 21.0 Å². The van der Waals surface area contributed by atoms with Crippen molar-refractivity contribution in [3.05, 3.63) is 75.3 Å². The maximum atomic E-state index is 14.3. The Morgan fingerprint density at radius 1 is 1.08 bits per heavy atom. The van der Waals surface area contributed by atoms with E-state index in [2.05, 4.69) is 5.32 Å². The number of halogens is 2. The van der Waals surface area contributed by atoms with Gasteiger partial charge in [-0.1, -0.05) is 88.2 Å². The third-order valence-corrected chi connectivity index (χ3v) is 9.32. The molecule has 2 aromatic carbocycles. The Morgan fingerprint density at radius 2 is 1.71 bits per heavy atom. The van der Waals surface area contributed by atoms with Crippen LogP contribution < -0.4 is 11.1 Å². The van der Waals surface area contributed by atoms with Crippen molar-refractivity contribution >= 4 is 45.0 Å². The van der Waals surface area contributed by atoms with Gasteiger partial charge in [0.1, 0.15) is 6.04 Å². The predicted molar refractivity (Wildman–Crippen MR) is 151 cm³/mol. The Labute approximate surface area is 235 Å². The second-order valence-electron chi connectivity index (χ2n) is 11.2. The van der Waals surface area contributed by atoms with Gasteiger partial charge < -0.3 is 11.1 Å². The molecule has 0 unspecified atom stereocenters. The van der Waals surface area contributed by atoms with Gasteiger partial charge in [-0.15, -0.1) is 0 Å². The van der Waals surface area contributed by atoms with Crippen LogP contribution in [0, 0.1) is 18.3 Å². The standard InChI is InChI=1S/C28H35Cl2N3O4S/c1-16(2)13-22(26(31)34)32-27(35)19-15-24(28(4,5)6)33(25(19)18-11-12-20(29)21(30)14-18)38(36,37)23-10-8-7-9-17(23)3/h7-12,14-16,22,24-25H,13H2,1-6H3,(H2,31,34)(H,32,35)/t22-,24-,25-/m0/s1. The van der Waals surface area contributed by atoms with E-state index in [4.69, 9.17) is 28.9 Å². The average Bonchev–Trinajstić information content (AvgIpc) is 3.22. The number of nitrogens with two attached hydrogens (primary N) is 1. The fraction of sp³-hybridized carbons (Fsp3) is 0.429. The molecule has 0 aliphatic carbocycles. The van der Waals surface area contributed by atoms with Crippen LogP contribution in [-0.4, -0.2) is 36.6 Å². The molecule has 38 heavy (non-hydrogen) atoms. The number of nitrogens with zero attached hydrogens (tertiary/aromatic N) is 1. The largest absolute Gasteiger partial charge is 0.368 e. The molecule has 0 fully saturated rings. The van der Waals surface area contributed by atoms with Crippen molar-refractivity contribution in [1.29, 1.82) is 0 Å². The topological polar surface area (TPSA) is 110 Å². The lowest BCUT2D eigenvalue weighted by Crippen LogP contribution is -2.47. The minimum Gasteiger partial charge on any atom is -0.368 e. The van der Waals surface area contributed by atoms with Gasteiger partial charge in [0.2, 0.25) is 21.8 Å². The third kappa shape index (κ3) is 6.25. The number of carbonyl (C=O) groups excluding carboxylic acids is 2. The molecule has 2 aromatic rings. The highest BCUT2D eigenvalue weighted by Crippen LogP contribution is 2.47. The van der Waals surface area contributed by atoms with E-state index in [1.807, 2.05) is 34.6 Å². The number of nitrogens with one attached hydrogen (secondary N) is 1. The van der Waals surface area contributed by atoms with E-state index < -0.39 is 45.4 Å². The summed E-state index contributed by atoms with van der Waals surface area (Å²) in [4.78, 5) is 26.0. The van der Waals surface area contributed by atoms with Crippen LogP contribution in [0.15, 0.2) is 59.0 Å². The lowest BCUT2D eigenvalue weighted by molar-refractivity contribution is -0.126. The number of rotatable bonds is 8. The number of benzene rings is 2. The summed E-state index contributed by atoms with van der Waals surface area (Å²) in [5, 5.41) is 3.28. The third-order valence-electron chi connectivity index (χ3n) is 6.57. The Kier molecular flexibility index (Phi) is 9.03. The van der Waals surface area contributed by atoms with Crippen LogP contribution in [0.5, 0.6) is 0 Å². The van der Waals surface area contributed by atoms with Crippen molar-refractivity contribution in [3.63, 3.8) is 0 Å². The summed E-state index contributed by atoms with van der Waals surface area (Å²) in [6.45, 7) is 11.3. The first-order chi connectivity index (χ1) is 17.6. The number of hydrogen-bond donors (Lipinski definition) is 2. The minimum atomic E-state index is -4.12. The Morgan fingerprint density at radius 3 is 2.24 bits per heavy atom. The number of carbonyl (C=O) groups is 2. The fourth-order valence-electron chi connectivity index (χ4n) is 4.68. The summed E-state index contributed by atoms with van der Waals surface area (Å²) in [6.07, 6.45) is 2.02. The number of sulfonamides is 1. The first-order valence-corrected chi connectivity index (χ1v) is 14.6. The van der Waals surface area contributed by atoms with E-state index in [9.17, 15) is 18.0 Å². The maximum absolute atomic E-state index is 14.3. The van der Waals surface area contributed by atoms with Crippen LogP contribution in [0.2, 0.25) is 10.0 Å². The van der Waals surface area contributed by atoms with Crippen molar-refractivity contribution in [3.8, 4) is 0 Å². The first kappa shape index (κ1) is 30.2. The van der Waals surface area contributed by atoms with Gasteiger partial charge in [-0.2, -0.15) is 4.31 Å². The number of aryl methyl sites for hydroxylation is 1. The Hall–Kier alpha value is -2.39. The summed E-state index contributed by atoms with van der Waals surface area (Å²) in [6, 6.07) is 8.90. The summed E-state index contributed by atoms with van der Waals surface area (Å²) in [5.74, 6) is -1.13. The number of amides is 2. The zero-order valence-electron chi connectivity index (χ0n) is 22.5. The molecule has 2 amide bonds. The molecule has 3 atom stereocenters. The van der Waals surface area contributed by atoms with Crippen molar-refractivity contribution in [2.75, 3.05) is 0 Å². The molecule has 1 aliphatic rings. The molecule has 10 heteroatoms. The Bertz CT molecular complexity index is 1370. The number of hydrogen-bond acceptors (Lipinski definition) is 4. The zero-order chi connectivity index (χ0) is 28.6. The van der Waals surface area contributed by atoms with Crippen molar-refractivity contribution in [2.24, 2.45) is 17.1 Å². The monoisotopic (exact) mass is 579 g/mol. The van der Waals surface area contributed by atoms with Gasteiger partial charge in [0, 0.05) is 11.6 Å². The Balaban J connectivity index is 2.24. The molecule has 1 heterocycles. The lowest BCUT2D eigenvalue weighted by atomic mass is 9.87. The van der Waals surface area contributed by atoms with E-state index in [1.165, 1.54) is 4.31 Å². The molecular formula is C28H35Cl2N3O4S. The maximum Gasteiger partial charge on any atom is 0.249 e. The SMILES string of the molecule is Cc1ccccc1S(=O)(=O)N1[C@@H](c2ccc(Cl)c(Cl)c2)C(C(=O)N[C@@H](CC(C)C)C(N)=O)=C[C@H]1C(C)(C)C. The molecule has 7 nitrogen and oxygen atoms in total. The van der Waals surface area contributed by atoms with Crippen molar-refractivity contribution in [2.45, 2.75) is 71.0 Å². The van der Waals surface area contributed by atoms with Crippen LogP contribution in [0.4, 0.5) is 0 Å². The second kappa shape index (κ2) is 11.4. The van der Waals surface area contributed by atoms with Gasteiger partial charge in [-0.25, -0.2) is 8.42 Å². The molecule has 0 saturated carbocycles. The van der Waals surface area contributed by atoms with Crippen LogP contribution in [0.1, 0.15) is 58.2 Å². The van der Waals surface area contributed by atoms with Crippen molar-refractivity contribution in [1.82, 2.24) is 9.62 Å². The van der Waals surface area contributed by atoms with Crippen molar-refractivity contribution < 1.29 is 18.0 Å². The van der Waals surface area contributed by atoms with Crippen LogP contribution >= 0.6 is 23.2 Å². The van der Waals surface area contributed by atoms with Crippen LogP contribution in [-0.2, 0) is 19.6 Å². The van der Waals surface area contributed by atoms with Gasteiger partial charge in [-0.05, 0) is 54.0 Å². The highest BCUT2D eigenvalue weighted by Gasteiger charge is 2.50. The summed E-state index contributed by atoms with van der Waals surface area (Å²) in [5.41, 5.74) is 6.25. The van der Waals surface area contributed by atoms with E-state index >= 15 is 0 Å². The summed E-state index contributed by atoms with van der Waals surface area (Å²) < 4.78 is 30.0.